The Morgan fingerprint density at radius 1 is 0.886 bits per heavy atom. The lowest BCUT2D eigenvalue weighted by atomic mass is 10.1. The van der Waals surface area contributed by atoms with E-state index in [9.17, 15) is 19.2 Å². The van der Waals surface area contributed by atoms with Gasteiger partial charge in [0.25, 0.3) is 5.91 Å². The number of ketones is 1. The van der Waals surface area contributed by atoms with Crippen LogP contribution in [-0.4, -0.2) is 48.4 Å². The second-order valence-electron chi connectivity index (χ2n) is 7.55. The number of para-hydroxylation sites is 1. The molecule has 0 saturated carbocycles. The average molecular weight is 479 g/mol. The van der Waals surface area contributed by atoms with Crippen LogP contribution in [0.2, 0.25) is 0 Å². The van der Waals surface area contributed by atoms with Crippen LogP contribution in [-0.2, 0) is 14.3 Å². The van der Waals surface area contributed by atoms with Gasteiger partial charge in [0.1, 0.15) is 23.7 Å². The standard InChI is InChI=1S/C26H26N2O7/c1-4-33-26(32)24-16(2)23(17(3)28-24)21(29)15-34-22(30)14-27-25(31)18-10-12-20(13-11-18)35-19-8-6-5-7-9-19/h5-13,28H,4,14-15H2,1-3H3,(H,27,31). The highest BCUT2D eigenvalue weighted by Gasteiger charge is 2.23. The van der Waals surface area contributed by atoms with Crippen molar-refractivity contribution < 1.29 is 33.4 Å². The summed E-state index contributed by atoms with van der Waals surface area (Å²) >= 11 is 0. The fourth-order valence-electron chi connectivity index (χ4n) is 3.40. The second-order valence-corrected chi connectivity index (χ2v) is 7.55. The zero-order valence-corrected chi connectivity index (χ0v) is 19.7. The molecule has 3 rings (SSSR count). The zero-order valence-electron chi connectivity index (χ0n) is 19.7. The van der Waals surface area contributed by atoms with Crippen LogP contribution >= 0.6 is 0 Å². The number of nitrogens with one attached hydrogen (secondary N) is 2. The molecule has 0 aliphatic heterocycles. The molecule has 0 saturated heterocycles. The molecule has 9 heteroatoms. The van der Waals surface area contributed by atoms with Gasteiger partial charge < -0.3 is 24.5 Å². The molecule has 0 unspecified atom stereocenters. The predicted molar refractivity (Wildman–Crippen MR) is 127 cm³/mol. The van der Waals surface area contributed by atoms with Crippen LogP contribution < -0.4 is 10.1 Å². The quantitative estimate of drug-likeness (QED) is 0.336. The van der Waals surface area contributed by atoms with E-state index in [1.165, 1.54) is 0 Å². The highest BCUT2D eigenvalue weighted by molar-refractivity contribution is 6.03. The molecule has 0 fully saturated rings. The maximum Gasteiger partial charge on any atom is 0.355 e. The Hall–Kier alpha value is -4.40. The number of esters is 2. The van der Waals surface area contributed by atoms with E-state index in [0.29, 0.717) is 28.3 Å². The van der Waals surface area contributed by atoms with Crippen molar-refractivity contribution in [3.05, 3.63) is 82.7 Å². The van der Waals surface area contributed by atoms with E-state index in [1.807, 2.05) is 30.3 Å². The molecule has 2 N–H and O–H groups in total. The topological polar surface area (TPSA) is 124 Å². The Balaban J connectivity index is 1.48. The molecule has 1 heterocycles. The molecule has 1 amide bonds. The number of aromatic nitrogens is 1. The van der Waals surface area contributed by atoms with E-state index in [4.69, 9.17) is 14.2 Å². The number of rotatable bonds is 10. The van der Waals surface area contributed by atoms with Gasteiger partial charge in [0.15, 0.2) is 6.61 Å². The summed E-state index contributed by atoms with van der Waals surface area (Å²) < 4.78 is 15.6. The third kappa shape index (κ3) is 6.57. The fourth-order valence-corrected chi connectivity index (χ4v) is 3.40. The van der Waals surface area contributed by atoms with Crippen LogP contribution in [0, 0.1) is 13.8 Å². The molecular weight excluding hydrogens is 452 g/mol. The van der Waals surface area contributed by atoms with Gasteiger partial charge in [-0.2, -0.15) is 0 Å². The smallest absolute Gasteiger partial charge is 0.355 e. The number of carbonyl (C=O) groups is 4. The Labute approximate surface area is 202 Å². The van der Waals surface area contributed by atoms with Gasteiger partial charge in [-0.1, -0.05) is 18.2 Å². The van der Waals surface area contributed by atoms with E-state index < -0.39 is 36.8 Å². The van der Waals surface area contributed by atoms with Crippen LogP contribution in [0.25, 0.3) is 0 Å². The van der Waals surface area contributed by atoms with Crippen LogP contribution in [0.5, 0.6) is 11.5 Å². The Morgan fingerprint density at radius 2 is 1.54 bits per heavy atom. The summed E-state index contributed by atoms with van der Waals surface area (Å²) in [6.45, 7) is 4.20. The number of carbonyl (C=O) groups excluding carboxylic acids is 4. The van der Waals surface area contributed by atoms with Crippen LogP contribution in [0.3, 0.4) is 0 Å². The van der Waals surface area contributed by atoms with Gasteiger partial charge in [0.05, 0.1) is 6.61 Å². The number of Topliss-reactive ketones (excluding diaryl/α,β-unsaturated/α-hetero) is 1. The number of ether oxygens (including phenoxy) is 3. The first-order valence-electron chi connectivity index (χ1n) is 11.0. The predicted octanol–water partition coefficient (Wildman–Crippen LogP) is 3.76. The number of hydrogen-bond donors (Lipinski definition) is 2. The lowest BCUT2D eigenvalue weighted by Gasteiger charge is -2.08. The number of H-pyrrole nitrogens is 1. The van der Waals surface area contributed by atoms with E-state index in [-0.39, 0.29) is 17.9 Å². The van der Waals surface area contributed by atoms with Crippen molar-refractivity contribution in [2.75, 3.05) is 19.8 Å². The third-order valence-corrected chi connectivity index (χ3v) is 5.05. The summed E-state index contributed by atoms with van der Waals surface area (Å²) in [4.78, 5) is 51.8. The van der Waals surface area contributed by atoms with Gasteiger partial charge in [-0.15, -0.1) is 0 Å². The SMILES string of the molecule is CCOC(=O)c1[nH]c(C)c(C(=O)COC(=O)CNC(=O)c2ccc(Oc3ccccc3)cc2)c1C. The van der Waals surface area contributed by atoms with Crippen molar-refractivity contribution in [2.45, 2.75) is 20.8 Å². The zero-order chi connectivity index (χ0) is 25.4. The van der Waals surface area contributed by atoms with Gasteiger partial charge in [0, 0.05) is 16.8 Å². The number of amides is 1. The molecule has 0 bridgehead atoms. The van der Waals surface area contributed by atoms with E-state index in [0.717, 1.165) is 0 Å². The summed E-state index contributed by atoms with van der Waals surface area (Å²) in [7, 11) is 0. The Bertz CT molecular complexity index is 1210. The maximum absolute atomic E-state index is 12.6. The summed E-state index contributed by atoms with van der Waals surface area (Å²) in [5.74, 6) is -1.05. The van der Waals surface area contributed by atoms with Crippen molar-refractivity contribution in [3.8, 4) is 11.5 Å². The molecule has 2 aromatic carbocycles. The number of benzene rings is 2. The van der Waals surface area contributed by atoms with Crippen molar-refractivity contribution >= 4 is 23.6 Å². The first kappa shape index (κ1) is 25.2. The van der Waals surface area contributed by atoms with Crippen LogP contribution in [0.4, 0.5) is 0 Å². The summed E-state index contributed by atoms with van der Waals surface area (Å²) in [6, 6.07) is 15.6. The lowest BCUT2D eigenvalue weighted by Crippen LogP contribution is -2.31. The molecule has 9 nitrogen and oxygen atoms in total. The molecule has 0 atom stereocenters. The number of aryl methyl sites for hydroxylation is 1. The lowest BCUT2D eigenvalue weighted by molar-refractivity contribution is -0.141. The first-order valence-corrected chi connectivity index (χ1v) is 11.0. The van der Waals surface area contributed by atoms with Gasteiger partial charge in [-0.3, -0.25) is 14.4 Å². The average Bonchev–Trinajstić information content (AvgIpc) is 3.16. The maximum atomic E-state index is 12.6. The van der Waals surface area contributed by atoms with Crippen molar-refractivity contribution in [3.63, 3.8) is 0 Å². The first-order chi connectivity index (χ1) is 16.8. The second kappa shape index (κ2) is 11.6. The van der Waals surface area contributed by atoms with Gasteiger partial charge >= 0.3 is 11.9 Å². The Kier molecular flexibility index (Phi) is 8.39. The van der Waals surface area contributed by atoms with Crippen LogP contribution in [0.15, 0.2) is 54.6 Å². The molecule has 35 heavy (non-hydrogen) atoms. The highest BCUT2D eigenvalue weighted by Crippen LogP contribution is 2.21. The minimum absolute atomic E-state index is 0.187. The minimum atomic E-state index is -0.771. The molecule has 0 aliphatic rings. The van der Waals surface area contributed by atoms with E-state index >= 15 is 0 Å². The van der Waals surface area contributed by atoms with Gasteiger partial charge in [-0.05, 0) is 62.7 Å². The molecule has 1 aromatic heterocycles. The summed E-state index contributed by atoms with van der Waals surface area (Å²) in [5, 5.41) is 2.45. The van der Waals surface area contributed by atoms with Crippen molar-refractivity contribution in [1.82, 2.24) is 10.3 Å². The third-order valence-electron chi connectivity index (χ3n) is 5.05. The molecule has 0 aliphatic carbocycles. The molecule has 182 valence electrons. The minimum Gasteiger partial charge on any atom is -0.461 e. The Morgan fingerprint density at radius 3 is 2.20 bits per heavy atom. The summed E-state index contributed by atoms with van der Waals surface area (Å²) in [6.07, 6.45) is 0. The van der Waals surface area contributed by atoms with Gasteiger partial charge in [-0.25, -0.2) is 4.79 Å². The van der Waals surface area contributed by atoms with E-state index in [2.05, 4.69) is 10.3 Å². The number of hydrogen-bond acceptors (Lipinski definition) is 7. The van der Waals surface area contributed by atoms with Crippen molar-refractivity contribution in [2.24, 2.45) is 0 Å². The monoisotopic (exact) mass is 478 g/mol. The van der Waals surface area contributed by atoms with Crippen LogP contribution in [0.1, 0.15) is 49.4 Å². The normalized spacial score (nSPS) is 10.4. The fraction of sp³-hybridized carbons (Fsp3) is 0.231. The van der Waals surface area contributed by atoms with E-state index in [1.54, 1.807) is 45.0 Å². The largest absolute Gasteiger partial charge is 0.461 e. The molecule has 3 aromatic rings. The molecular formula is C26H26N2O7. The highest BCUT2D eigenvalue weighted by atomic mass is 16.5. The number of aromatic amines is 1. The summed E-state index contributed by atoms with van der Waals surface area (Å²) in [5.41, 5.74) is 1.68. The van der Waals surface area contributed by atoms with Crippen molar-refractivity contribution in [1.29, 1.82) is 0 Å². The molecule has 0 radical (unpaired) electrons. The van der Waals surface area contributed by atoms with Gasteiger partial charge in [0.2, 0.25) is 5.78 Å². The molecule has 0 spiro atoms.